The molecule has 37 heavy (non-hydrogen) atoms. The Hall–Kier alpha value is -2.09. The number of cyclic esters (lactones) is 1. The molecule has 7 heteroatoms. The molecule has 4 rings (SSSR count). The van der Waals surface area contributed by atoms with Crippen molar-refractivity contribution < 1.29 is 29.3 Å². The van der Waals surface area contributed by atoms with Crippen LogP contribution in [0.5, 0.6) is 0 Å². The van der Waals surface area contributed by atoms with Crippen molar-refractivity contribution >= 4 is 17.8 Å². The summed E-state index contributed by atoms with van der Waals surface area (Å²) >= 11 is 0. The standard InChI is InChI=1S/C30H43NO6/c1-5-22-18-20(2)10-8-13-28(4)30(35,37-28)27(34)25(21(3)19-23-11-6-7-17-31-23)36-24(32)12-16-29(26(22)33)14-9-15-29/h6-7,11,17,19-20,22,25,27,34-35H,5,8-10,12-16,18H2,1-4H3. The van der Waals surface area contributed by atoms with Gasteiger partial charge in [0.1, 0.15) is 11.4 Å². The Labute approximate surface area is 220 Å². The van der Waals surface area contributed by atoms with Gasteiger partial charge >= 0.3 is 5.97 Å². The number of aliphatic hydroxyl groups is 2. The molecular formula is C30H43NO6. The van der Waals surface area contributed by atoms with E-state index in [0.29, 0.717) is 35.8 Å². The van der Waals surface area contributed by atoms with E-state index < -0.39 is 35.0 Å². The number of carbonyl (C=O) groups excluding carboxylic acids is 2. The second kappa shape index (κ2) is 11.0. The molecule has 3 aliphatic rings. The lowest BCUT2D eigenvalue weighted by Gasteiger charge is -2.43. The normalized spacial score (nSPS) is 37.4. The minimum Gasteiger partial charge on any atom is -0.455 e. The number of hydrogen-bond acceptors (Lipinski definition) is 7. The van der Waals surface area contributed by atoms with Crippen molar-refractivity contribution in [1.29, 1.82) is 0 Å². The second-order valence-electron chi connectivity index (χ2n) is 11.9. The van der Waals surface area contributed by atoms with Crippen LogP contribution in [0.3, 0.4) is 0 Å². The summed E-state index contributed by atoms with van der Waals surface area (Å²) in [4.78, 5) is 31.1. The second-order valence-corrected chi connectivity index (χ2v) is 11.9. The van der Waals surface area contributed by atoms with Crippen LogP contribution in [0, 0.1) is 17.3 Å². The van der Waals surface area contributed by atoms with Gasteiger partial charge in [-0.2, -0.15) is 0 Å². The number of Topliss-reactive ketones (excluding diaryl/α,β-unsaturated/α-hetero) is 1. The quantitative estimate of drug-likeness (QED) is 0.433. The third-order valence-corrected chi connectivity index (χ3v) is 9.10. The molecule has 0 amide bonds. The average Bonchev–Trinajstić information content (AvgIpc) is 3.41. The Morgan fingerprint density at radius 1 is 1.19 bits per heavy atom. The summed E-state index contributed by atoms with van der Waals surface area (Å²) in [6.45, 7) is 7.81. The number of ether oxygens (including phenoxy) is 2. The van der Waals surface area contributed by atoms with Gasteiger partial charge < -0.3 is 19.7 Å². The molecule has 1 saturated carbocycles. The van der Waals surface area contributed by atoms with Crippen LogP contribution in [0.2, 0.25) is 0 Å². The highest BCUT2D eigenvalue weighted by Crippen LogP contribution is 2.53. The molecule has 1 aromatic heterocycles. The van der Waals surface area contributed by atoms with Crippen LogP contribution in [-0.4, -0.2) is 50.5 Å². The molecular weight excluding hydrogens is 470 g/mol. The van der Waals surface area contributed by atoms with Crippen molar-refractivity contribution in [2.45, 2.75) is 115 Å². The fourth-order valence-electron chi connectivity index (χ4n) is 6.36. The van der Waals surface area contributed by atoms with Gasteiger partial charge in [0.25, 0.3) is 0 Å². The van der Waals surface area contributed by atoms with Crippen molar-refractivity contribution in [1.82, 2.24) is 4.98 Å². The van der Waals surface area contributed by atoms with Crippen molar-refractivity contribution in [3.63, 3.8) is 0 Å². The van der Waals surface area contributed by atoms with Crippen molar-refractivity contribution in [3.05, 3.63) is 35.7 Å². The SMILES string of the molecule is CCC1CC(C)CCCC2(C)OC2(O)C(O)C(C(C)=Cc2ccccn2)OC(=O)CCC2(CCC2)C1=O. The van der Waals surface area contributed by atoms with E-state index in [2.05, 4.69) is 18.8 Å². The molecule has 1 aromatic rings. The van der Waals surface area contributed by atoms with E-state index in [0.717, 1.165) is 44.9 Å². The highest BCUT2D eigenvalue weighted by Gasteiger charge is 2.71. The Morgan fingerprint density at radius 3 is 2.57 bits per heavy atom. The Bertz CT molecular complexity index is 1000. The van der Waals surface area contributed by atoms with Crippen LogP contribution < -0.4 is 0 Å². The number of aromatic nitrogens is 1. The Morgan fingerprint density at radius 2 is 1.95 bits per heavy atom. The molecule has 1 spiro atoms. The monoisotopic (exact) mass is 513 g/mol. The van der Waals surface area contributed by atoms with E-state index in [1.165, 1.54) is 0 Å². The van der Waals surface area contributed by atoms with Gasteiger partial charge in [0.05, 0.1) is 5.69 Å². The number of aliphatic hydroxyl groups excluding tert-OH is 1. The van der Waals surface area contributed by atoms with Gasteiger partial charge in [-0.15, -0.1) is 0 Å². The molecule has 2 saturated heterocycles. The van der Waals surface area contributed by atoms with E-state index >= 15 is 0 Å². The first-order valence-corrected chi connectivity index (χ1v) is 14.0. The molecule has 6 unspecified atom stereocenters. The van der Waals surface area contributed by atoms with E-state index in [1.807, 2.05) is 18.2 Å². The fraction of sp³-hybridized carbons (Fsp3) is 0.700. The molecule has 0 radical (unpaired) electrons. The highest BCUT2D eigenvalue weighted by molar-refractivity contribution is 5.88. The topological polar surface area (TPSA) is 109 Å². The number of hydrogen-bond donors (Lipinski definition) is 2. The van der Waals surface area contributed by atoms with Gasteiger partial charge in [-0.25, -0.2) is 0 Å². The van der Waals surface area contributed by atoms with Crippen molar-refractivity contribution in [2.75, 3.05) is 0 Å². The van der Waals surface area contributed by atoms with Gasteiger partial charge in [0.2, 0.25) is 5.79 Å². The maximum absolute atomic E-state index is 13.6. The third kappa shape index (κ3) is 5.69. The lowest BCUT2D eigenvalue weighted by atomic mass is 9.60. The summed E-state index contributed by atoms with van der Waals surface area (Å²) in [5.41, 5.74) is -0.170. The predicted molar refractivity (Wildman–Crippen MR) is 140 cm³/mol. The summed E-state index contributed by atoms with van der Waals surface area (Å²) in [6.07, 6.45) is 7.95. The van der Waals surface area contributed by atoms with Crippen molar-refractivity contribution in [3.8, 4) is 0 Å². The molecule has 0 bridgehead atoms. The van der Waals surface area contributed by atoms with Gasteiger partial charge in [-0.3, -0.25) is 14.6 Å². The van der Waals surface area contributed by atoms with Crippen LogP contribution in [-0.2, 0) is 19.1 Å². The number of pyridine rings is 1. The lowest BCUT2D eigenvalue weighted by Crippen LogP contribution is -2.47. The number of carbonyl (C=O) groups is 2. The van der Waals surface area contributed by atoms with Crippen LogP contribution in [0.1, 0.15) is 97.6 Å². The predicted octanol–water partition coefficient (Wildman–Crippen LogP) is 4.99. The molecule has 1 aliphatic carbocycles. The fourth-order valence-corrected chi connectivity index (χ4v) is 6.36. The molecule has 2 N–H and O–H groups in total. The van der Waals surface area contributed by atoms with Crippen LogP contribution in [0.15, 0.2) is 30.0 Å². The number of esters is 1. The van der Waals surface area contributed by atoms with E-state index in [9.17, 15) is 19.8 Å². The average molecular weight is 514 g/mol. The van der Waals surface area contributed by atoms with Gasteiger partial charge in [0.15, 0.2) is 12.2 Å². The molecule has 2 aliphatic heterocycles. The van der Waals surface area contributed by atoms with E-state index in [1.54, 1.807) is 26.1 Å². The number of rotatable bonds is 3. The number of nitrogens with zero attached hydrogens (tertiary/aromatic N) is 1. The third-order valence-electron chi connectivity index (χ3n) is 9.10. The molecule has 3 fully saturated rings. The molecule has 6 atom stereocenters. The zero-order valence-electron chi connectivity index (χ0n) is 22.7. The molecule has 3 heterocycles. The summed E-state index contributed by atoms with van der Waals surface area (Å²) < 4.78 is 11.6. The maximum Gasteiger partial charge on any atom is 0.306 e. The van der Waals surface area contributed by atoms with Crippen LogP contribution in [0.4, 0.5) is 0 Å². The summed E-state index contributed by atoms with van der Waals surface area (Å²) in [5, 5.41) is 22.7. The first-order valence-electron chi connectivity index (χ1n) is 14.0. The zero-order chi connectivity index (χ0) is 26.8. The zero-order valence-corrected chi connectivity index (χ0v) is 22.7. The lowest BCUT2D eigenvalue weighted by molar-refractivity contribution is -0.166. The summed E-state index contributed by atoms with van der Waals surface area (Å²) in [7, 11) is 0. The number of epoxide rings is 1. The van der Waals surface area contributed by atoms with Gasteiger partial charge in [0, 0.05) is 24.0 Å². The van der Waals surface area contributed by atoms with Crippen LogP contribution >= 0.6 is 0 Å². The summed E-state index contributed by atoms with van der Waals surface area (Å²) in [5.74, 6) is -1.63. The highest BCUT2D eigenvalue weighted by atomic mass is 16.8. The van der Waals surface area contributed by atoms with E-state index in [-0.39, 0.29) is 12.3 Å². The first kappa shape index (κ1) is 27.9. The number of ketones is 1. The van der Waals surface area contributed by atoms with E-state index in [4.69, 9.17) is 9.47 Å². The first-order chi connectivity index (χ1) is 17.5. The molecule has 0 aromatic carbocycles. The van der Waals surface area contributed by atoms with Gasteiger partial charge in [-0.05, 0) is 82.1 Å². The minimum atomic E-state index is -1.81. The Kier molecular flexibility index (Phi) is 8.27. The van der Waals surface area contributed by atoms with Crippen molar-refractivity contribution in [2.24, 2.45) is 17.3 Å². The van der Waals surface area contributed by atoms with Crippen LogP contribution in [0.25, 0.3) is 6.08 Å². The maximum atomic E-state index is 13.6. The minimum absolute atomic E-state index is 0.00189. The molecule has 7 nitrogen and oxygen atoms in total. The summed E-state index contributed by atoms with van der Waals surface area (Å²) in [6, 6.07) is 5.47. The van der Waals surface area contributed by atoms with Gasteiger partial charge in [-0.1, -0.05) is 39.2 Å². The smallest absolute Gasteiger partial charge is 0.306 e. The Balaban J connectivity index is 1.62. The molecule has 204 valence electrons. The largest absolute Gasteiger partial charge is 0.455 e. The number of fused-ring (bicyclic) bond motifs is 1.